The Morgan fingerprint density at radius 3 is 2.61 bits per heavy atom. The molecule has 0 bridgehead atoms. The van der Waals surface area contributed by atoms with E-state index in [4.69, 9.17) is 4.74 Å². The molecule has 160 valence electrons. The van der Waals surface area contributed by atoms with Gasteiger partial charge in [-0.05, 0) is 19.8 Å². The number of fused-ring (bicyclic) bond motifs is 1. The van der Waals surface area contributed by atoms with Crippen LogP contribution in [0.5, 0.6) is 0 Å². The number of rotatable bonds is 4. The number of hydrogen-bond acceptors (Lipinski definition) is 8. The molecule has 4 aromatic rings. The van der Waals surface area contributed by atoms with Gasteiger partial charge in [0.2, 0.25) is 5.95 Å². The summed E-state index contributed by atoms with van der Waals surface area (Å²) in [6.45, 7) is 3.18. The van der Waals surface area contributed by atoms with Gasteiger partial charge in [-0.15, -0.1) is 0 Å². The lowest BCUT2D eigenvalue weighted by Crippen LogP contribution is -2.30. The van der Waals surface area contributed by atoms with Gasteiger partial charge in [0.05, 0.1) is 35.5 Å². The number of anilines is 2. The smallest absolute Gasteiger partial charge is 0.330 e. The second-order valence-corrected chi connectivity index (χ2v) is 7.68. The standard InChI is InChI=1S/C20H23N9O2/c1-12-15(9-21-17(24-12)13-8-23-27(2)11-13)25-19-22-10-16-18(26-19)29(20(30)28(16)3)14-4-6-31-7-5-14/h8-11,14H,4-7H2,1-3H3,(H,22,25,26). The van der Waals surface area contributed by atoms with Crippen molar-refractivity contribution in [1.29, 1.82) is 0 Å². The summed E-state index contributed by atoms with van der Waals surface area (Å²) < 4.78 is 10.5. The van der Waals surface area contributed by atoms with E-state index in [2.05, 4.69) is 30.4 Å². The van der Waals surface area contributed by atoms with Crippen LogP contribution in [0.2, 0.25) is 0 Å². The normalized spacial score (nSPS) is 14.9. The zero-order valence-electron chi connectivity index (χ0n) is 17.6. The quantitative estimate of drug-likeness (QED) is 0.529. The van der Waals surface area contributed by atoms with E-state index in [0.717, 1.165) is 24.1 Å². The van der Waals surface area contributed by atoms with Gasteiger partial charge in [0.25, 0.3) is 0 Å². The van der Waals surface area contributed by atoms with E-state index in [1.807, 2.05) is 20.2 Å². The van der Waals surface area contributed by atoms with E-state index >= 15 is 0 Å². The van der Waals surface area contributed by atoms with Gasteiger partial charge < -0.3 is 10.1 Å². The molecule has 1 saturated heterocycles. The molecule has 0 aliphatic carbocycles. The minimum absolute atomic E-state index is 0.0662. The van der Waals surface area contributed by atoms with E-state index in [9.17, 15) is 4.79 Å². The highest BCUT2D eigenvalue weighted by Gasteiger charge is 2.23. The van der Waals surface area contributed by atoms with Gasteiger partial charge >= 0.3 is 5.69 Å². The highest BCUT2D eigenvalue weighted by Crippen LogP contribution is 2.25. The molecule has 1 N–H and O–H groups in total. The average Bonchev–Trinajstić information content (AvgIpc) is 3.31. The maximum absolute atomic E-state index is 12.9. The summed E-state index contributed by atoms with van der Waals surface area (Å²) in [6.07, 6.45) is 8.54. The number of imidazole rings is 1. The summed E-state index contributed by atoms with van der Waals surface area (Å²) >= 11 is 0. The van der Waals surface area contributed by atoms with E-state index in [1.165, 1.54) is 0 Å². The van der Waals surface area contributed by atoms with Crippen LogP contribution in [0, 0.1) is 6.92 Å². The molecule has 0 atom stereocenters. The predicted octanol–water partition coefficient (Wildman–Crippen LogP) is 1.72. The highest BCUT2D eigenvalue weighted by molar-refractivity contribution is 5.73. The number of nitrogens with one attached hydrogen (secondary N) is 1. The van der Waals surface area contributed by atoms with Crippen molar-refractivity contribution in [3.63, 3.8) is 0 Å². The first-order valence-electron chi connectivity index (χ1n) is 10.1. The maximum Gasteiger partial charge on any atom is 0.330 e. The molecule has 1 fully saturated rings. The molecule has 0 spiro atoms. The molecular formula is C20H23N9O2. The van der Waals surface area contributed by atoms with Crippen LogP contribution in [-0.4, -0.2) is 52.1 Å². The summed E-state index contributed by atoms with van der Waals surface area (Å²) in [6, 6.07) is 0.0662. The van der Waals surface area contributed by atoms with Crippen molar-refractivity contribution in [1.82, 2.24) is 38.9 Å². The van der Waals surface area contributed by atoms with E-state index in [0.29, 0.717) is 41.8 Å². The van der Waals surface area contributed by atoms with Crippen molar-refractivity contribution >= 4 is 22.8 Å². The minimum Gasteiger partial charge on any atom is -0.381 e. The molecule has 0 amide bonds. The lowest BCUT2D eigenvalue weighted by atomic mass is 10.1. The third-order valence-electron chi connectivity index (χ3n) is 5.58. The Labute approximate surface area is 177 Å². The lowest BCUT2D eigenvalue weighted by Gasteiger charge is -2.22. The van der Waals surface area contributed by atoms with E-state index in [1.54, 1.807) is 39.5 Å². The summed E-state index contributed by atoms with van der Waals surface area (Å²) in [5, 5.41) is 7.35. The van der Waals surface area contributed by atoms with Gasteiger partial charge in [-0.2, -0.15) is 10.1 Å². The van der Waals surface area contributed by atoms with Gasteiger partial charge in [0.15, 0.2) is 11.5 Å². The van der Waals surface area contributed by atoms with Crippen LogP contribution in [0.25, 0.3) is 22.6 Å². The highest BCUT2D eigenvalue weighted by atomic mass is 16.5. The molecule has 0 aromatic carbocycles. The molecule has 0 unspecified atom stereocenters. The summed E-state index contributed by atoms with van der Waals surface area (Å²) in [7, 11) is 3.59. The largest absolute Gasteiger partial charge is 0.381 e. The van der Waals surface area contributed by atoms with Gasteiger partial charge in [-0.3, -0.25) is 13.8 Å². The average molecular weight is 421 g/mol. The molecular weight excluding hydrogens is 398 g/mol. The molecule has 31 heavy (non-hydrogen) atoms. The van der Waals surface area contributed by atoms with Crippen LogP contribution >= 0.6 is 0 Å². The number of aryl methyl sites for hydroxylation is 3. The Bertz CT molecular complexity index is 1310. The van der Waals surface area contributed by atoms with Crippen molar-refractivity contribution in [3.05, 3.63) is 41.0 Å². The van der Waals surface area contributed by atoms with Crippen molar-refractivity contribution in [2.75, 3.05) is 18.5 Å². The van der Waals surface area contributed by atoms with Gasteiger partial charge in [-0.25, -0.2) is 19.7 Å². The van der Waals surface area contributed by atoms with Crippen LogP contribution < -0.4 is 11.0 Å². The Kier molecular flexibility index (Phi) is 4.74. The van der Waals surface area contributed by atoms with Crippen LogP contribution in [0.3, 0.4) is 0 Å². The number of aromatic nitrogens is 8. The molecule has 0 saturated carbocycles. The fourth-order valence-corrected chi connectivity index (χ4v) is 3.85. The predicted molar refractivity (Wildman–Crippen MR) is 114 cm³/mol. The van der Waals surface area contributed by atoms with Gasteiger partial charge in [0, 0.05) is 39.5 Å². The first-order valence-corrected chi connectivity index (χ1v) is 10.1. The fraction of sp³-hybridized carbons (Fsp3) is 0.400. The van der Waals surface area contributed by atoms with Gasteiger partial charge in [0.1, 0.15) is 5.52 Å². The first kappa shape index (κ1) is 19.4. The van der Waals surface area contributed by atoms with Crippen LogP contribution in [0.4, 0.5) is 11.6 Å². The number of hydrogen-bond donors (Lipinski definition) is 1. The molecule has 5 rings (SSSR count). The topological polar surface area (TPSA) is 118 Å². The molecule has 11 nitrogen and oxygen atoms in total. The third kappa shape index (κ3) is 3.46. The molecule has 0 radical (unpaired) electrons. The first-order chi connectivity index (χ1) is 15.0. The van der Waals surface area contributed by atoms with Crippen molar-refractivity contribution in [2.45, 2.75) is 25.8 Å². The molecule has 11 heteroatoms. The third-order valence-corrected chi connectivity index (χ3v) is 5.58. The van der Waals surface area contributed by atoms with Crippen molar-refractivity contribution < 1.29 is 4.74 Å². The van der Waals surface area contributed by atoms with Gasteiger partial charge in [-0.1, -0.05) is 0 Å². The minimum atomic E-state index is -0.0892. The van der Waals surface area contributed by atoms with Crippen molar-refractivity contribution in [2.24, 2.45) is 14.1 Å². The molecule has 4 aromatic heterocycles. The second kappa shape index (κ2) is 7.58. The van der Waals surface area contributed by atoms with E-state index in [-0.39, 0.29) is 11.7 Å². The van der Waals surface area contributed by atoms with E-state index < -0.39 is 0 Å². The Morgan fingerprint density at radius 1 is 1.10 bits per heavy atom. The zero-order valence-corrected chi connectivity index (χ0v) is 17.6. The SMILES string of the molecule is Cc1nc(-c2cnn(C)c2)ncc1Nc1ncc2c(n1)n(C1CCOCC1)c(=O)n2C. The molecule has 1 aliphatic heterocycles. The number of nitrogens with zero attached hydrogens (tertiary/aromatic N) is 8. The number of ether oxygens (including phenoxy) is 1. The summed E-state index contributed by atoms with van der Waals surface area (Å²) in [5.41, 5.74) is 3.52. The lowest BCUT2D eigenvalue weighted by molar-refractivity contribution is 0.0695. The van der Waals surface area contributed by atoms with Crippen LogP contribution in [0.15, 0.2) is 29.6 Å². The molecule has 5 heterocycles. The Hall–Kier alpha value is -3.60. The monoisotopic (exact) mass is 421 g/mol. The van der Waals surface area contributed by atoms with Crippen LogP contribution in [0.1, 0.15) is 24.6 Å². The summed E-state index contributed by atoms with van der Waals surface area (Å²) in [4.78, 5) is 30.9. The van der Waals surface area contributed by atoms with Crippen molar-refractivity contribution in [3.8, 4) is 11.4 Å². The fourth-order valence-electron chi connectivity index (χ4n) is 3.85. The summed E-state index contributed by atoms with van der Waals surface area (Å²) in [5.74, 6) is 0.990. The van der Waals surface area contributed by atoms with Crippen LogP contribution in [-0.2, 0) is 18.8 Å². The molecule has 1 aliphatic rings. The zero-order chi connectivity index (χ0) is 21.5. The second-order valence-electron chi connectivity index (χ2n) is 7.68. The Morgan fingerprint density at radius 2 is 1.90 bits per heavy atom. The Balaban J connectivity index is 1.49. The maximum atomic E-state index is 12.9.